The SMILES string of the molecule is CCCCCCCCCCCCCCCCCCNC(=O)NNC(=O)c1cccc([N+](=O)[O-])c1. The Hall–Kier alpha value is -2.64. The minimum absolute atomic E-state index is 0.104. The third kappa shape index (κ3) is 15.2. The zero-order valence-electron chi connectivity index (χ0n) is 20.9. The topological polar surface area (TPSA) is 113 Å². The van der Waals surface area contributed by atoms with Crippen LogP contribution in [0.5, 0.6) is 0 Å². The number of urea groups is 1. The van der Waals surface area contributed by atoms with Crippen LogP contribution in [0.4, 0.5) is 10.5 Å². The Labute approximate surface area is 204 Å². The third-order valence-electron chi connectivity index (χ3n) is 5.92. The number of non-ortho nitro benzene ring substituents is 1. The molecule has 1 aromatic carbocycles. The number of hydrazine groups is 1. The van der Waals surface area contributed by atoms with E-state index in [0.717, 1.165) is 18.9 Å². The minimum atomic E-state index is -0.610. The number of nitrogens with one attached hydrogen (secondary N) is 3. The van der Waals surface area contributed by atoms with Crippen molar-refractivity contribution < 1.29 is 14.5 Å². The lowest BCUT2D eigenvalue weighted by Crippen LogP contribution is -2.47. The smallest absolute Gasteiger partial charge is 0.333 e. The molecule has 1 rings (SSSR count). The summed E-state index contributed by atoms with van der Waals surface area (Å²) >= 11 is 0. The molecule has 0 spiro atoms. The predicted octanol–water partition coefficient (Wildman–Crippen LogP) is 6.80. The second-order valence-corrected chi connectivity index (χ2v) is 8.95. The van der Waals surface area contributed by atoms with Crippen LogP contribution in [0.2, 0.25) is 0 Å². The zero-order chi connectivity index (χ0) is 24.9. The molecule has 3 amide bonds. The fourth-order valence-corrected chi connectivity index (χ4v) is 3.87. The molecule has 8 heteroatoms. The van der Waals surface area contributed by atoms with Crippen molar-refractivity contribution in [1.82, 2.24) is 16.2 Å². The van der Waals surface area contributed by atoms with Crippen molar-refractivity contribution in [3.05, 3.63) is 39.9 Å². The summed E-state index contributed by atoms with van der Waals surface area (Å²) < 4.78 is 0. The lowest BCUT2D eigenvalue weighted by molar-refractivity contribution is -0.384. The van der Waals surface area contributed by atoms with E-state index in [4.69, 9.17) is 0 Å². The van der Waals surface area contributed by atoms with E-state index in [0.29, 0.717) is 6.54 Å². The first kappa shape index (κ1) is 29.4. The highest BCUT2D eigenvalue weighted by Crippen LogP contribution is 2.14. The van der Waals surface area contributed by atoms with E-state index in [-0.39, 0.29) is 11.3 Å². The normalized spacial score (nSPS) is 10.6. The lowest BCUT2D eigenvalue weighted by Gasteiger charge is -2.09. The van der Waals surface area contributed by atoms with Gasteiger partial charge in [-0.1, -0.05) is 109 Å². The van der Waals surface area contributed by atoms with Gasteiger partial charge in [0.2, 0.25) is 0 Å². The maximum atomic E-state index is 12.0. The van der Waals surface area contributed by atoms with Crippen molar-refractivity contribution in [2.24, 2.45) is 0 Å². The molecule has 0 aromatic heterocycles. The van der Waals surface area contributed by atoms with E-state index in [1.54, 1.807) is 0 Å². The summed E-state index contributed by atoms with van der Waals surface area (Å²) in [5, 5.41) is 13.5. The Kier molecular flexibility index (Phi) is 17.1. The molecule has 0 atom stereocenters. The lowest BCUT2D eigenvalue weighted by atomic mass is 10.0. The number of rotatable bonds is 19. The molecule has 0 radical (unpaired) electrons. The molecule has 192 valence electrons. The second-order valence-electron chi connectivity index (χ2n) is 8.95. The fraction of sp³-hybridized carbons (Fsp3) is 0.692. The van der Waals surface area contributed by atoms with E-state index < -0.39 is 16.9 Å². The summed E-state index contributed by atoms with van der Waals surface area (Å²) in [6.45, 7) is 2.80. The number of carbonyl (C=O) groups excluding carboxylic acids is 2. The van der Waals surface area contributed by atoms with Crippen LogP contribution in [-0.4, -0.2) is 23.4 Å². The quantitative estimate of drug-likeness (QED) is 0.116. The van der Waals surface area contributed by atoms with Gasteiger partial charge in [0.25, 0.3) is 11.6 Å². The second kappa shape index (κ2) is 19.8. The van der Waals surface area contributed by atoms with Crippen LogP contribution in [0.3, 0.4) is 0 Å². The van der Waals surface area contributed by atoms with E-state index in [9.17, 15) is 19.7 Å². The number of benzene rings is 1. The summed E-state index contributed by atoms with van der Waals surface area (Å²) in [5.41, 5.74) is 4.44. The Bertz CT molecular complexity index is 712. The Morgan fingerprint density at radius 2 is 1.26 bits per heavy atom. The molecule has 0 aliphatic carbocycles. The van der Waals surface area contributed by atoms with E-state index in [1.807, 2.05) is 0 Å². The summed E-state index contributed by atoms with van der Waals surface area (Å²) in [6, 6.07) is 4.82. The van der Waals surface area contributed by atoms with Crippen LogP contribution in [0.1, 0.15) is 120 Å². The van der Waals surface area contributed by atoms with Crippen molar-refractivity contribution in [3.8, 4) is 0 Å². The Morgan fingerprint density at radius 1 is 0.765 bits per heavy atom. The molecule has 0 saturated heterocycles. The van der Waals surface area contributed by atoms with Gasteiger partial charge in [-0.3, -0.25) is 20.3 Å². The standard InChI is InChI=1S/C26H44N4O4/c1-2-3-4-5-6-7-8-9-10-11-12-13-14-15-16-17-21-27-26(32)29-28-25(31)23-19-18-20-24(22-23)30(33)34/h18-20,22H,2-17,21H2,1H3,(H,28,31)(H2,27,29,32). The zero-order valence-corrected chi connectivity index (χ0v) is 20.9. The molecule has 0 aliphatic heterocycles. The number of amides is 3. The van der Waals surface area contributed by atoms with Crippen molar-refractivity contribution in [3.63, 3.8) is 0 Å². The van der Waals surface area contributed by atoms with Gasteiger partial charge in [0.05, 0.1) is 4.92 Å². The fourth-order valence-electron chi connectivity index (χ4n) is 3.87. The van der Waals surface area contributed by atoms with Gasteiger partial charge in [-0.2, -0.15) is 0 Å². The van der Waals surface area contributed by atoms with Crippen LogP contribution in [0.15, 0.2) is 24.3 Å². The first-order chi connectivity index (χ1) is 16.5. The van der Waals surface area contributed by atoms with Crippen LogP contribution >= 0.6 is 0 Å². The van der Waals surface area contributed by atoms with E-state index >= 15 is 0 Å². The van der Waals surface area contributed by atoms with Gasteiger partial charge in [0, 0.05) is 24.2 Å². The number of nitro groups is 1. The average Bonchev–Trinajstić information content (AvgIpc) is 2.84. The minimum Gasteiger partial charge on any atom is -0.337 e. The van der Waals surface area contributed by atoms with E-state index in [2.05, 4.69) is 23.1 Å². The first-order valence-electron chi connectivity index (χ1n) is 13.1. The number of unbranched alkanes of at least 4 members (excludes halogenated alkanes) is 15. The Balaban J connectivity index is 1.89. The molecule has 0 unspecified atom stereocenters. The number of carbonyl (C=O) groups is 2. The van der Waals surface area contributed by atoms with Crippen LogP contribution < -0.4 is 16.2 Å². The molecule has 34 heavy (non-hydrogen) atoms. The molecule has 8 nitrogen and oxygen atoms in total. The largest absolute Gasteiger partial charge is 0.337 e. The highest BCUT2D eigenvalue weighted by molar-refractivity contribution is 5.95. The summed E-state index contributed by atoms with van der Waals surface area (Å²) in [5.74, 6) is -0.610. The predicted molar refractivity (Wildman–Crippen MR) is 137 cm³/mol. The maximum absolute atomic E-state index is 12.0. The molecular formula is C26H44N4O4. The highest BCUT2D eigenvalue weighted by Gasteiger charge is 2.12. The summed E-state index contributed by atoms with van der Waals surface area (Å²) in [4.78, 5) is 33.9. The number of hydrogen-bond donors (Lipinski definition) is 3. The van der Waals surface area contributed by atoms with Gasteiger partial charge in [-0.05, 0) is 12.5 Å². The molecule has 0 aliphatic rings. The third-order valence-corrected chi connectivity index (χ3v) is 5.92. The summed E-state index contributed by atoms with van der Waals surface area (Å²) in [7, 11) is 0. The molecule has 3 N–H and O–H groups in total. The highest BCUT2D eigenvalue weighted by atomic mass is 16.6. The molecular weight excluding hydrogens is 432 g/mol. The maximum Gasteiger partial charge on any atom is 0.333 e. The van der Waals surface area contributed by atoms with Crippen molar-refractivity contribution >= 4 is 17.6 Å². The van der Waals surface area contributed by atoms with E-state index in [1.165, 1.54) is 108 Å². The Morgan fingerprint density at radius 3 is 1.76 bits per heavy atom. The molecule has 0 heterocycles. The molecule has 1 aromatic rings. The number of nitrogens with zero attached hydrogens (tertiary/aromatic N) is 1. The molecule has 0 fully saturated rings. The van der Waals surface area contributed by atoms with Gasteiger partial charge in [0.1, 0.15) is 0 Å². The van der Waals surface area contributed by atoms with Gasteiger partial charge < -0.3 is 5.32 Å². The van der Waals surface area contributed by atoms with Gasteiger partial charge in [-0.15, -0.1) is 0 Å². The number of nitro benzene ring substituents is 1. The van der Waals surface area contributed by atoms with Crippen LogP contribution in [-0.2, 0) is 0 Å². The van der Waals surface area contributed by atoms with Crippen molar-refractivity contribution in [1.29, 1.82) is 0 Å². The van der Waals surface area contributed by atoms with Gasteiger partial charge >= 0.3 is 6.03 Å². The number of hydrogen-bond acceptors (Lipinski definition) is 4. The average molecular weight is 477 g/mol. The van der Waals surface area contributed by atoms with Crippen LogP contribution in [0.25, 0.3) is 0 Å². The van der Waals surface area contributed by atoms with Gasteiger partial charge in [-0.25, -0.2) is 10.2 Å². The van der Waals surface area contributed by atoms with Gasteiger partial charge in [0.15, 0.2) is 0 Å². The first-order valence-corrected chi connectivity index (χ1v) is 13.1. The molecule has 0 saturated carbocycles. The van der Waals surface area contributed by atoms with Crippen LogP contribution in [0, 0.1) is 10.1 Å². The molecule has 0 bridgehead atoms. The monoisotopic (exact) mass is 476 g/mol. The van der Waals surface area contributed by atoms with Crippen molar-refractivity contribution in [2.45, 2.75) is 110 Å². The van der Waals surface area contributed by atoms with Crippen molar-refractivity contribution in [2.75, 3.05) is 6.54 Å². The summed E-state index contributed by atoms with van der Waals surface area (Å²) in [6.07, 6.45) is 20.8.